The highest BCUT2D eigenvalue weighted by molar-refractivity contribution is 5.74. The van der Waals surface area contributed by atoms with E-state index in [-0.39, 0.29) is 30.2 Å². The van der Waals surface area contributed by atoms with Crippen LogP contribution >= 0.6 is 0 Å². The van der Waals surface area contributed by atoms with E-state index in [1.54, 1.807) is 0 Å². The van der Waals surface area contributed by atoms with E-state index < -0.39 is 0 Å². The number of carbonyl (C=O) groups excluding carboxylic acids is 1. The second kappa shape index (κ2) is 6.31. The molecule has 2 bridgehead atoms. The van der Waals surface area contributed by atoms with Gasteiger partial charge in [0.15, 0.2) is 0 Å². The third-order valence-electron chi connectivity index (χ3n) is 3.95. The first-order chi connectivity index (χ1) is 9.39. The SMILES string of the molecule is CC(C)(C)CN(CCCO)C(=O)NC1CC2CCC1O2. The van der Waals surface area contributed by atoms with Gasteiger partial charge in [-0.05, 0) is 31.1 Å². The van der Waals surface area contributed by atoms with E-state index in [2.05, 4.69) is 26.1 Å². The fourth-order valence-electron chi connectivity index (χ4n) is 3.13. The topological polar surface area (TPSA) is 61.8 Å². The van der Waals surface area contributed by atoms with Gasteiger partial charge in [-0.3, -0.25) is 0 Å². The van der Waals surface area contributed by atoms with Gasteiger partial charge >= 0.3 is 6.03 Å². The highest BCUT2D eigenvalue weighted by Crippen LogP contribution is 2.34. The number of aliphatic hydroxyl groups excluding tert-OH is 1. The van der Waals surface area contributed by atoms with Crippen LogP contribution in [0.5, 0.6) is 0 Å². The van der Waals surface area contributed by atoms with Crippen LogP contribution in [0.25, 0.3) is 0 Å². The molecule has 2 amide bonds. The lowest BCUT2D eigenvalue weighted by Gasteiger charge is -2.32. The number of urea groups is 1. The van der Waals surface area contributed by atoms with Crippen LogP contribution in [0.15, 0.2) is 0 Å². The first-order valence-electron chi connectivity index (χ1n) is 7.71. The first-order valence-corrected chi connectivity index (χ1v) is 7.71. The minimum absolute atomic E-state index is 0.0190. The second-order valence-electron chi connectivity index (χ2n) is 7.22. The predicted molar refractivity (Wildman–Crippen MR) is 77.6 cm³/mol. The zero-order chi connectivity index (χ0) is 14.8. The van der Waals surface area contributed by atoms with E-state index in [1.165, 1.54) is 0 Å². The van der Waals surface area contributed by atoms with Gasteiger partial charge in [0.2, 0.25) is 0 Å². The molecule has 5 heteroatoms. The number of nitrogens with one attached hydrogen (secondary N) is 1. The van der Waals surface area contributed by atoms with E-state index in [0.29, 0.717) is 25.6 Å². The molecule has 0 aromatic carbocycles. The van der Waals surface area contributed by atoms with E-state index in [9.17, 15) is 4.79 Å². The molecule has 2 fully saturated rings. The molecule has 0 saturated carbocycles. The summed E-state index contributed by atoms with van der Waals surface area (Å²) in [5.74, 6) is 0. The van der Waals surface area contributed by atoms with Crippen molar-refractivity contribution in [3.05, 3.63) is 0 Å². The number of fused-ring (bicyclic) bond motifs is 2. The van der Waals surface area contributed by atoms with Gasteiger partial charge in [-0.1, -0.05) is 20.8 Å². The standard InChI is InChI=1S/C15H28N2O3/c1-15(2,3)10-17(7-4-8-18)14(19)16-12-9-11-5-6-13(12)20-11/h11-13,18H,4-10H2,1-3H3,(H,16,19). The van der Waals surface area contributed by atoms with Crippen molar-refractivity contribution in [3.63, 3.8) is 0 Å². The van der Waals surface area contributed by atoms with Crippen LogP contribution in [0, 0.1) is 5.41 Å². The summed E-state index contributed by atoms with van der Waals surface area (Å²) in [6, 6.07) is 0.146. The minimum atomic E-state index is -0.0190. The lowest BCUT2D eigenvalue weighted by molar-refractivity contribution is 0.0962. The summed E-state index contributed by atoms with van der Waals surface area (Å²) in [7, 11) is 0. The Kier molecular flexibility index (Phi) is 4.91. The molecular weight excluding hydrogens is 256 g/mol. The maximum absolute atomic E-state index is 12.4. The van der Waals surface area contributed by atoms with Crippen LogP contribution in [0.4, 0.5) is 4.79 Å². The average molecular weight is 284 g/mol. The fourth-order valence-corrected chi connectivity index (χ4v) is 3.13. The van der Waals surface area contributed by atoms with Gasteiger partial charge in [-0.15, -0.1) is 0 Å². The van der Waals surface area contributed by atoms with E-state index in [0.717, 1.165) is 19.3 Å². The summed E-state index contributed by atoms with van der Waals surface area (Å²) in [5.41, 5.74) is 0.0535. The highest BCUT2D eigenvalue weighted by atomic mass is 16.5. The smallest absolute Gasteiger partial charge is 0.317 e. The van der Waals surface area contributed by atoms with Crippen LogP contribution < -0.4 is 5.32 Å². The lowest BCUT2D eigenvalue weighted by atomic mass is 9.95. The van der Waals surface area contributed by atoms with Crippen molar-refractivity contribution in [3.8, 4) is 0 Å². The van der Waals surface area contributed by atoms with E-state index in [1.807, 2.05) is 4.90 Å². The number of ether oxygens (including phenoxy) is 1. The van der Waals surface area contributed by atoms with Gasteiger partial charge in [0.25, 0.3) is 0 Å². The predicted octanol–water partition coefficient (Wildman–Crippen LogP) is 1.75. The third kappa shape index (κ3) is 4.09. The number of nitrogens with zero attached hydrogens (tertiary/aromatic N) is 1. The summed E-state index contributed by atoms with van der Waals surface area (Å²) in [4.78, 5) is 14.3. The normalized spacial score (nSPS) is 28.7. The van der Waals surface area contributed by atoms with Crippen LogP contribution in [0.2, 0.25) is 0 Å². The zero-order valence-corrected chi connectivity index (χ0v) is 12.9. The summed E-state index contributed by atoms with van der Waals surface area (Å²) >= 11 is 0. The number of hydrogen-bond donors (Lipinski definition) is 2. The molecule has 2 saturated heterocycles. The van der Waals surface area contributed by atoms with Crippen LogP contribution in [-0.2, 0) is 4.74 Å². The summed E-state index contributed by atoms with van der Waals surface area (Å²) in [5, 5.41) is 12.1. The summed E-state index contributed by atoms with van der Waals surface area (Å²) < 4.78 is 5.77. The van der Waals surface area contributed by atoms with Crippen molar-refractivity contribution in [2.24, 2.45) is 5.41 Å². The molecule has 3 unspecified atom stereocenters. The van der Waals surface area contributed by atoms with Crippen LogP contribution in [0.3, 0.4) is 0 Å². The Labute approximate surface area is 121 Å². The zero-order valence-electron chi connectivity index (χ0n) is 12.9. The Hall–Kier alpha value is -0.810. The number of aliphatic hydroxyl groups is 1. The molecule has 2 aliphatic heterocycles. The minimum Gasteiger partial charge on any atom is -0.396 e. The Morgan fingerprint density at radius 2 is 2.15 bits per heavy atom. The van der Waals surface area contributed by atoms with Gasteiger partial charge in [-0.25, -0.2) is 4.79 Å². The van der Waals surface area contributed by atoms with Crippen molar-refractivity contribution in [2.45, 2.75) is 64.7 Å². The van der Waals surface area contributed by atoms with Crippen molar-refractivity contribution in [2.75, 3.05) is 19.7 Å². The molecule has 0 aliphatic carbocycles. The van der Waals surface area contributed by atoms with Gasteiger partial charge in [0, 0.05) is 19.7 Å². The third-order valence-corrected chi connectivity index (χ3v) is 3.95. The van der Waals surface area contributed by atoms with Crippen LogP contribution in [-0.4, -0.2) is 54.0 Å². The van der Waals surface area contributed by atoms with Crippen molar-refractivity contribution < 1.29 is 14.6 Å². The molecule has 2 heterocycles. The van der Waals surface area contributed by atoms with Gasteiger partial charge in [-0.2, -0.15) is 0 Å². The largest absolute Gasteiger partial charge is 0.396 e. The molecule has 20 heavy (non-hydrogen) atoms. The summed E-state index contributed by atoms with van der Waals surface area (Å²) in [6.45, 7) is 7.76. The molecule has 0 aromatic heterocycles. The number of rotatable bonds is 5. The molecule has 0 spiro atoms. The Balaban J connectivity index is 1.88. The second-order valence-corrected chi connectivity index (χ2v) is 7.22. The Bertz CT molecular complexity index is 341. The van der Waals surface area contributed by atoms with E-state index >= 15 is 0 Å². The molecule has 2 N–H and O–H groups in total. The molecule has 2 rings (SSSR count). The van der Waals surface area contributed by atoms with Gasteiger partial charge < -0.3 is 20.1 Å². The quantitative estimate of drug-likeness (QED) is 0.808. The van der Waals surface area contributed by atoms with Crippen molar-refractivity contribution >= 4 is 6.03 Å². The molecule has 0 radical (unpaired) electrons. The number of amides is 2. The Morgan fingerprint density at radius 3 is 2.65 bits per heavy atom. The summed E-state index contributed by atoms with van der Waals surface area (Å²) in [6.07, 6.45) is 4.31. The van der Waals surface area contributed by atoms with Crippen LogP contribution in [0.1, 0.15) is 46.5 Å². The number of hydrogen-bond acceptors (Lipinski definition) is 3. The molecule has 116 valence electrons. The molecule has 3 atom stereocenters. The fraction of sp³-hybridized carbons (Fsp3) is 0.933. The average Bonchev–Trinajstić information content (AvgIpc) is 2.95. The maximum Gasteiger partial charge on any atom is 0.317 e. The highest BCUT2D eigenvalue weighted by Gasteiger charge is 2.41. The van der Waals surface area contributed by atoms with E-state index in [4.69, 9.17) is 9.84 Å². The lowest BCUT2D eigenvalue weighted by Crippen LogP contribution is -2.50. The first kappa shape index (κ1) is 15.6. The molecule has 0 aromatic rings. The molecule has 2 aliphatic rings. The number of carbonyl (C=O) groups is 1. The van der Waals surface area contributed by atoms with Crippen molar-refractivity contribution in [1.29, 1.82) is 0 Å². The molecular formula is C15H28N2O3. The monoisotopic (exact) mass is 284 g/mol. The van der Waals surface area contributed by atoms with Gasteiger partial charge in [0.1, 0.15) is 0 Å². The maximum atomic E-state index is 12.4. The van der Waals surface area contributed by atoms with Gasteiger partial charge in [0.05, 0.1) is 18.2 Å². The molecule has 5 nitrogen and oxygen atoms in total. The Morgan fingerprint density at radius 1 is 1.40 bits per heavy atom. The van der Waals surface area contributed by atoms with Crippen molar-refractivity contribution in [1.82, 2.24) is 10.2 Å².